The zero-order valence-corrected chi connectivity index (χ0v) is 9.25. The molecule has 1 heterocycles. The summed E-state index contributed by atoms with van der Waals surface area (Å²) < 4.78 is 0. The molecule has 68 valence electrons. The van der Waals surface area contributed by atoms with E-state index in [1.807, 2.05) is 13.8 Å². The van der Waals surface area contributed by atoms with Gasteiger partial charge in [-0.3, -0.25) is 0 Å². The predicted octanol–water partition coefficient (Wildman–Crippen LogP) is 2.51. The van der Waals surface area contributed by atoms with Gasteiger partial charge in [-0.15, -0.1) is 7.92 Å². The minimum atomic E-state index is 0.319. The summed E-state index contributed by atoms with van der Waals surface area (Å²) in [6.45, 7) is 11.3. The maximum absolute atomic E-state index is 3.43. The summed E-state index contributed by atoms with van der Waals surface area (Å²) in [6.07, 6.45) is 2.86. The van der Waals surface area contributed by atoms with Crippen LogP contribution < -0.4 is 5.32 Å². The standard InChI is InChI=1S/C7H16NP.C2H6/c1-9(2)7-4-3-5-8-6-7;1-2/h7-8H,3-6H2,1-2H3;1-2H3. The molecule has 0 bridgehead atoms. The fourth-order valence-corrected chi connectivity index (χ4v) is 2.47. The number of piperidine rings is 1. The first-order valence-electron chi connectivity index (χ1n) is 4.68. The molecule has 0 radical (unpaired) electrons. The molecule has 2 heteroatoms. The van der Waals surface area contributed by atoms with E-state index in [2.05, 4.69) is 18.6 Å². The molecular formula is C9H22NP. The maximum atomic E-state index is 3.43. The van der Waals surface area contributed by atoms with E-state index in [0.29, 0.717) is 7.92 Å². The van der Waals surface area contributed by atoms with Gasteiger partial charge in [-0.2, -0.15) is 0 Å². The summed E-state index contributed by atoms with van der Waals surface area (Å²) >= 11 is 0. The van der Waals surface area contributed by atoms with Crippen molar-refractivity contribution in [2.24, 2.45) is 0 Å². The normalized spacial score (nSPS) is 24.3. The van der Waals surface area contributed by atoms with E-state index in [1.54, 1.807) is 0 Å². The minimum Gasteiger partial charge on any atom is -0.316 e. The second-order valence-electron chi connectivity index (χ2n) is 2.96. The first-order chi connectivity index (χ1) is 5.30. The van der Waals surface area contributed by atoms with E-state index in [1.165, 1.54) is 25.9 Å². The molecule has 0 aromatic rings. The lowest BCUT2D eigenvalue weighted by Gasteiger charge is -2.25. The van der Waals surface area contributed by atoms with Crippen molar-refractivity contribution in [3.05, 3.63) is 0 Å². The van der Waals surface area contributed by atoms with E-state index in [-0.39, 0.29) is 0 Å². The number of nitrogens with one attached hydrogen (secondary N) is 1. The lowest BCUT2D eigenvalue weighted by atomic mass is 10.2. The Kier molecular flexibility index (Phi) is 7.31. The Morgan fingerprint density at radius 1 is 1.27 bits per heavy atom. The van der Waals surface area contributed by atoms with Crippen molar-refractivity contribution in [2.45, 2.75) is 32.3 Å². The smallest absolute Gasteiger partial charge is 0.00188 e. The summed E-state index contributed by atoms with van der Waals surface area (Å²) in [6, 6.07) is 0. The summed E-state index contributed by atoms with van der Waals surface area (Å²) in [7, 11) is 0.319. The van der Waals surface area contributed by atoms with Gasteiger partial charge in [0.2, 0.25) is 0 Å². The maximum Gasteiger partial charge on any atom is 0.00188 e. The second kappa shape index (κ2) is 7.06. The van der Waals surface area contributed by atoms with Crippen molar-refractivity contribution in [1.82, 2.24) is 5.32 Å². The monoisotopic (exact) mass is 175 g/mol. The molecule has 1 rings (SSSR count). The van der Waals surface area contributed by atoms with Gasteiger partial charge >= 0.3 is 0 Å². The number of hydrogen-bond donors (Lipinski definition) is 1. The molecule has 0 spiro atoms. The molecule has 1 aliphatic rings. The summed E-state index contributed by atoms with van der Waals surface area (Å²) in [5.41, 5.74) is 1.01. The van der Waals surface area contributed by atoms with Crippen LogP contribution in [-0.4, -0.2) is 32.1 Å². The summed E-state index contributed by atoms with van der Waals surface area (Å²) in [5.74, 6) is 0. The predicted molar refractivity (Wildman–Crippen MR) is 56.0 cm³/mol. The van der Waals surface area contributed by atoms with Gasteiger partial charge in [0.15, 0.2) is 0 Å². The molecular weight excluding hydrogens is 153 g/mol. The molecule has 1 aliphatic heterocycles. The molecule has 1 nitrogen and oxygen atoms in total. The van der Waals surface area contributed by atoms with Crippen LogP contribution >= 0.6 is 7.92 Å². The zero-order valence-electron chi connectivity index (χ0n) is 8.35. The van der Waals surface area contributed by atoms with Gasteiger partial charge in [-0.1, -0.05) is 13.8 Å². The Balaban J connectivity index is 0.000000461. The first-order valence-corrected chi connectivity index (χ1v) is 6.98. The largest absolute Gasteiger partial charge is 0.316 e. The van der Waals surface area contributed by atoms with Crippen LogP contribution in [0.1, 0.15) is 26.7 Å². The van der Waals surface area contributed by atoms with Crippen LogP contribution in [0.4, 0.5) is 0 Å². The third-order valence-electron chi connectivity index (χ3n) is 2.00. The van der Waals surface area contributed by atoms with Crippen LogP contribution in [-0.2, 0) is 0 Å². The van der Waals surface area contributed by atoms with E-state index in [9.17, 15) is 0 Å². The lowest BCUT2D eigenvalue weighted by Crippen LogP contribution is -2.32. The van der Waals surface area contributed by atoms with E-state index in [0.717, 1.165) is 5.66 Å². The number of hydrogen-bond acceptors (Lipinski definition) is 1. The zero-order chi connectivity index (χ0) is 8.69. The highest BCUT2D eigenvalue weighted by Gasteiger charge is 2.14. The van der Waals surface area contributed by atoms with Crippen molar-refractivity contribution in [3.8, 4) is 0 Å². The van der Waals surface area contributed by atoms with Gasteiger partial charge in [0.05, 0.1) is 0 Å². The van der Waals surface area contributed by atoms with Gasteiger partial charge in [-0.25, -0.2) is 0 Å². The molecule has 0 aromatic heterocycles. The Morgan fingerprint density at radius 3 is 2.18 bits per heavy atom. The Morgan fingerprint density at radius 2 is 1.91 bits per heavy atom. The molecule has 0 saturated carbocycles. The second-order valence-corrected chi connectivity index (χ2v) is 5.62. The SMILES string of the molecule is CC.CP(C)C1CCCNC1. The Bertz CT molecular complexity index is 77.6. The van der Waals surface area contributed by atoms with Crippen molar-refractivity contribution >= 4 is 7.92 Å². The van der Waals surface area contributed by atoms with E-state index >= 15 is 0 Å². The molecule has 11 heavy (non-hydrogen) atoms. The van der Waals surface area contributed by atoms with Crippen molar-refractivity contribution < 1.29 is 0 Å². The van der Waals surface area contributed by atoms with Gasteiger partial charge in [-0.05, 0) is 38.4 Å². The average molecular weight is 175 g/mol. The lowest BCUT2D eigenvalue weighted by molar-refractivity contribution is 0.527. The highest BCUT2D eigenvalue weighted by molar-refractivity contribution is 7.56. The molecule has 1 N–H and O–H groups in total. The summed E-state index contributed by atoms with van der Waals surface area (Å²) in [5, 5.41) is 3.43. The van der Waals surface area contributed by atoms with Gasteiger partial charge in [0.25, 0.3) is 0 Å². The highest BCUT2D eigenvalue weighted by Crippen LogP contribution is 2.35. The van der Waals surface area contributed by atoms with E-state index < -0.39 is 0 Å². The van der Waals surface area contributed by atoms with Crippen LogP contribution in [0.25, 0.3) is 0 Å². The van der Waals surface area contributed by atoms with Gasteiger partial charge in [0, 0.05) is 6.54 Å². The quantitative estimate of drug-likeness (QED) is 0.604. The Labute approximate surface area is 72.7 Å². The van der Waals surface area contributed by atoms with Crippen molar-refractivity contribution in [1.29, 1.82) is 0 Å². The first kappa shape index (κ1) is 11.4. The highest BCUT2D eigenvalue weighted by atomic mass is 31.1. The van der Waals surface area contributed by atoms with Crippen molar-refractivity contribution in [2.75, 3.05) is 26.4 Å². The van der Waals surface area contributed by atoms with Crippen LogP contribution in [0, 0.1) is 0 Å². The summed E-state index contributed by atoms with van der Waals surface area (Å²) in [4.78, 5) is 0. The van der Waals surface area contributed by atoms with Crippen LogP contribution in [0.3, 0.4) is 0 Å². The van der Waals surface area contributed by atoms with Crippen LogP contribution in [0.2, 0.25) is 0 Å². The minimum absolute atomic E-state index is 0.319. The molecule has 1 fully saturated rings. The van der Waals surface area contributed by atoms with E-state index in [4.69, 9.17) is 0 Å². The van der Waals surface area contributed by atoms with Gasteiger partial charge < -0.3 is 5.32 Å². The third-order valence-corrected chi connectivity index (χ3v) is 3.90. The average Bonchev–Trinajstić information content (AvgIpc) is 2.10. The van der Waals surface area contributed by atoms with Crippen LogP contribution in [0.15, 0.2) is 0 Å². The molecule has 1 unspecified atom stereocenters. The molecule has 0 amide bonds. The number of rotatable bonds is 1. The van der Waals surface area contributed by atoms with Crippen molar-refractivity contribution in [3.63, 3.8) is 0 Å². The molecule has 1 atom stereocenters. The fraction of sp³-hybridized carbons (Fsp3) is 1.00. The Hall–Kier alpha value is 0.390. The third kappa shape index (κ3) is 4.76. The molecule has 0 aromatic carbocycles. The fourth-order valence-electron chi connectivity index (χ4n) is 1.27. The molecule has 1 saturated heterocycles. The van der Waals surface area contributed by atoms with Crippen LogP contribution in [0.5, 0.6) is 0 Å². The van der Waals surface area contributed by atoms with Gasteiger partial charge in [0.1, 0.15) is 0 Å². The topological polar surface area (TPSA) is 12.0 Å². The molecule has 0 aliphatic carbocycles.